The van der Waals surface area contributed by atoms with Crippen molar-refractivity contribution >= 4 is 22.8 Å². The molecule has 0 saturated carbocycles. The predicted octanol–water partition coefficient (Wildman–Crippen LogP) is 2.03. The van der Waals surface area contributed by atoms with Crippen molar-refractivity contribution in [2.24, 2.45) is 11.7 Å². The highest BCUT2D eigenvalue weighted by Crippen LogP contribution is 2.26. The van der Waals surface area contributed by atoms with Crippen molar-refractivity contribution in [2.45, 2.75) is 26.2 Å². The summed E-state index contributed by atoms with van der Waals surface area (Å²) in [4.78, 5) is 22.8. The zero-order valence-electron chi connectivity index (χ0n) is 12.2. The molecule has 1 fully saturated rings. The molecule has 0 spiro atoms. The molecular formula is C16H20N4O. The molecule has 0 radical (unpaired) electrons. The van der Waals surface area contributed by atoms with Crippen LogP contribution in [0.1, 0.15) is 25.0 Å². The number of carbonyl (C=O) groups excluding carboxylic acids is 1. The van der Waals surface area contributed by atoms with E-state index in [0.29, 0.717) is 12.3 Å². The molecule has 0 aliphatic carbocycles. The minimum absolute atomic E-state index is 0.219. The summed E-state index contributed by atoms with van der Waals surface area (Å²) < 4.78 is 0. The number of nitrogens with zero attached hydrogens (tertiary/aromatic N) is 3. The van der Waals surface area contributed by atoms with Crippen LogP contribution < -0.4 is 10.6 Å². The first-order chi connectivity index (χ1) is 10.1. The van der Waals surface area contributed by atoms with Gasteiger partial charge in [0.25, 0.3) is 0 Å². The van der Waals surface area contributed by atoms with Crippen molar-refractivity contribution in [3.8, 4) is 0 Å². The smallest absolute Gasteiger partial charge is 0.217 e. The van der Waals surface area contributed by atoms with E-state index in [-0.39, 0.29) is 5.91 Å². The second-order valence-corrected chi connectivity index (χ2v) is 5.75. The molecule has 1 unspecified atom stereocenters. The van der Waals surface area contributed by atoms with Gasteiger partial charge in [0.1, 0.15) is 0 Å². The SMILES string of the molecule is Cc1nc2ccccc2nc1N1CCCC(CC(N)=O)C1. The third kappa shape index (κ3) is 2.96. The Morgan fingerprint density at radius 2 is 2.05 bits per heavy atom. The lowest BCUT2D eigenvalue weighted by Crippen LogP contribution is -2.38. The Morgan fingerprint density at radius 1 is 1.33 bits per heavy atom. The fourth-order valence-electron chi connectivity index (χ4n) is 3.09. The Morgan fingerprint density at radius 3 is 2.76 bits per heavy atom. The van der Waals surface area contributed by atoms with Crippen molar-refractivity contribution < 1.29 is 4.79 Å². The summed E-state index contributed by atoms with van der Waals surface area (Å²) >= 11 is 0. The first-order valence-corrected chi connectivity index (χ1v) is 7.40. The molecule has 1 saturated heterocycles. The normalized spacial score (nSPS) is 18.9. The Balaban J connectivity index is 1.88. The number of hydrogen-bond donors (Lipinski definition) is 1. The number of aryl methyl sites for hydroxylation is 1. The minimum atomic E-state index is -0.219. The number of nitrogens with two attached hydrogens (primary N) is 1. The summed E-state index contributed by atoms with van der Waals surface area (Å²) in [6.45, 7) is 3.78. The molecule has 2 N–H and O–H groups in total. The molecule has 1 aliphatic heterocycles. The van der Waals surface area contributed by atoms with Gasteiger partial charge in [-0.15, -0.1) is 0 Å². The Kier molecular flexibility index (Phi) is 3.73. The third-order valence-electron chi connectivity index (χ3n) is 4.03. The summed E-state index contributed by atoms with van der Waals surface area (Å²) in [7, 11) is 0. The van der Waals surface area contributed by atoms with E-state index in [1.165, 1.54) is 0 Å². The van der Waals surface area contributed by atoms with E-state index in [9.17, 15) is 4.79 Å². The molecule has 1 aromatic carbocycles. The first kappa shape index (κ1) is 13.8. The molecule has 5 heteroatoms. The molecule has 3 rings (SSSR count). The van der Waals surface area contributed by atoms with Crippen molar-refractivity contribution in [2.75, 3.05) is 18.0 Å². The molecule has 1 amide bonds. The monoisotopic (exact) mass is 284 g/mol. The van der Waals surface area contributed by atoms with Crippen LogP contribution in [-0.2, 0) is 4.79 Å². The number of benzene rings is 1. The molecule has 110 valence electrons. The maximum Gasteiger partial charge on any atom is 0.217 e. The van der Waals surface area contributed by atoms with Gasteiger partial charge < -0.3 is 10.6 Å². The van der Waals surface area contributed by atoms with E-state index < -0.39 is 0 Å². The number of anilines is 1. The summed E-state index contributed by atoms with van der Waals surface area (Å²) in [5, 5.41) is 0. The first-order valence-electron chi connectivity index (χ1n) is 7.40. The highest BCUT2D eigenvalue weighted by atomic mass is 16.1. The fraction of sp³-hybridized carbons (Fsp3) is 0.438. The van der Waals surface area contributed by atoms with Crippen LogP contribution in [0.15, 0.2) is 24.3 Å². The maximum absolute atomic E-state index is 11.1. The molecule has 1 atom stereocenters. The summed E-state index contributed by atoms with van der Waals surface area (Å²) in [6, 6.07) is 7.91. The number of fused-ring (bicyclic) bond motifs is 1. The summed E-state index contributed by atoms with van der Waals surface area (Å²) in [6.07, 6.45) is 2.57. The van der Waals surface area contributed by atoms with Crippen LogP contribution in [0, 0.1) is 12.8 Å². The molecule has 0 bridgehead atoms. The van der Waals surface area contributed by atoms with E-state index in [1.807, 2.05) is 31.2 Å². The van der Waals surface area contributed by atoms with Gasteiger partial charge in [-0.2, -0.15) is 0 Å². The molecule has 1 aromatic heterocycles. The Hall–Kier alpha value is -2.17. The number of para-hydroxylation sites is 2. The minimum Gasteiger partial charge on any atom is -0.370 e. The van der Waals surface area contributed by atoms with Gasteiger partial charge in [0.05, 0.1) is 16.7 Å². The van der Waals surface area contributed by atoms with Gasteiger partial charge in [-0.05, 0) is 37.8 Å². The molecule has 21 heavy (non-hydrogen) atoms. The number of primary amides is 1. The number of amides is 1. The van der Waals surface area contributed by atoms with Crippen LogP contribution in [0.25, 0.3) is 11.0 Å². The lowest BCUT2D eigenvalue weighted by atomic mass is 9.94. The number of piperidine rings is 1. The van der Waals surface area contributed by atoms with E-state index in [2.05, 4.69) is 9.88 Å². The van der Waals surface area contributed by atoms with Gasteiger partial charge in [0.15, 0.2) is 5.82 Å². The number of aromatic nitrogens is 2. The second kappa shape index (κ2) is 5.68. The number of carbonyl (C=O) groups is 1. The van der Waals surface area contributed by atoms with Crippen LogP contribution in [-0.4, -0.2) is 29.0 Å². The van der Waals surface area contributed by atoms with Gasteiger partial charge in [0, 0.05) is 19.5 Å². The highest BCUT2D eigenvalue weighted by Gasteiger charge is 2.23. The lowest BCUT2D eigenvalue weighted by Gasteiger charge is -2.33. The number of rotatable bonds is 3. The van der Waals surface area contributed by atoms with Gasteiger partial charge in [0.2, 0.25) is 5.91 Å². The second-order valence-electron chi connectivity index (χ2n) is 5.75. The van der Waals surface area contributed by atoms with Gasteiger partial charge in [-0.1, -0.05) is 12.1 Å². The summed E-state index contributed by atoms with van der Waals surface area (Å²) in [5.74, 6) is 1.04. The van der Waals surface area contributed by atoms with E-state index in [1.54, 1.807) is 0 Å². The predicted molar refractivity (Wildman–Crippen MR) is 83.0 cm³/mol. The van der Waals surface area contributed by atoms with Crippen molar-refractivity contribution in [1.82, 2.24) is 9.97 Å². The lowest BCUT2D eigenvalue weighted by molar-refractivity contribution is -0.118. The van der Waals surface area contributed by atoms with E-state index in [4.69, 9.17) is 10.7 Å². The standard InChI is InChI=1S/C16H20N4O/c1-11-16(19-14-7-3-2-6-13(14)18-11)20-8-4-5-12(10-20)9-15(17)21/h2-3,6-7,12H,4-5,8-10H2,1H3,(H2,17,21). The van der Waals surface area contributed by atoms with Crippen LogP contribution in [0.4, 0.5) is 5.82 Å². The quantitative estimate of drug-likeness (QED) is 0.936. The van der Waals surface area contributed by atoms with Crippen LogP contribution in [0.2, 0.25) is 0 Å². The van der Waals surface area contributed by atoms with Gasteiger partial charge >= 0.3 is 0 Å². The Bertz CT molecular complexity index is 670. The van der Waals surface area contributed by atoms with E-state index >= 15 is 0 Å². The zero-order valence-corrected chi connectivity index (χ0v) is 12.2. The average molecular weight is 284 g/mol. The van der Waals surface area contributed by atoms with Gasteiger partial charge in [-0.25, -0.2) is 9.97 Å². The molecular weight excluding hydrogens is 264 g/mol. The largest absolute Gasteiger partial charge is 0.370 e. The van der Waals surface area contributed by atoms with Crippen LogP contribution >= 0.6 is 0 Å². The average Bonchev–Trinajstić information content (AvgIpc) is 2.46. The van der Waals surface area contributed by atoms with Crippen LogP contribution in [0.5, 0.6) is 0 Å². The maximum atomic E-state index is 11.1. The van der Waals surface area contributed by atoms with Crippen molar-refractivity contribution in [3.05, 3.63) is 30.0 Å². The van der Waals surface area contributed by atoms with Gasteiger partial charge in [-0.3, -0.25) is 4.79 Å². The Labute approximate surface area is 124 Å². The van der Waals surface area contributed by atoms with Crippen molar-refractivity contribution in [1.29, 1.82) is 0 Å². The highest BCUT2D eigenvalue weighted by molar-refractivity contribution is 5.76. The zero-order chi connectivity index (χ0) is 14.8. The van der Waals surface area contributed by atoms with Crippen LogP contribution in [0.3, 0.4) is 0 Å². The molecule has 2 aromatic rings. The third-order valence-corrected chi connectivity index (χ3v) is 4.03. The number of hydrogen-bond acceptors (Lipinski definition) is 4. The molecule has 5 nitrogen and oxygen atoms in total. The fourth-order valence-corrected chi connectivity index (χ4v) is 3.09. The topological polar surface area (TPSA) is 72.1 Å². The molecule has 2 heterocycles. The molecule has 1 aliphatic rings. The van der Waals surface area contributed by atoms with E-state index in [0.717, 1.165) is 48.5 Å². The summed E-state index contributed by atoms with van der Waals surface area (Å²) in [5.41, 5.74) is 8.10. The van der Waals surface area contributed by atoms with Crippen molar-refractivity contribution in [3.63, 3.8) is 0 Å².